The Kier molecular flexibility index (Phi) is 5.78. The quantitative estimate of drug-likeness (QED) is 0.501. The van der Waals surface area contributed by atoms with Crippen molar-refractivity contribution >= 4 is 34.2 Å². The van der Waals surface area contributed by atoms with Gasteiger partial charge in [0.05, 0.1) is 28.8 Å². The maximum Gasteiger partial charge on any atom is 0.319 e. The summed E-state index contributed by atoms with van der Waals surface area (Å²) >= 11 is 6.69. The van der Waals surface area contributed by atoms with Crippen molar-refractivity contribution in [3.05, 3.63) is 60.3 Å². The van der Waals surface area contributed by atoms with E-state index in [1.54, 1.807) is 6.20 Å². The van der Waals surface area contributed by atoms with Crippen LogP contribution < -0.4 is 16.0 Å². The van der Waals surface area contributed by atoms with Crippen molar-refractivity contribution in [2.75, 3.05) is 18.4 Å². The number of hydrogen-bond donors (Lipinski definition) is 4. The monoisotopic (exact) mass is 397 g/mol. The summed E-state index contributed by atoms with van der Waals surface area (Å²) in [5, 5.41) is 17.3. The molecule has 4 N–H and O–H groups in total. The third kappa shape index (κ3) is 4.13. The van der Waals surface area contributed by atoms with Crippen LogP contribution in [0.2, 0.25) is 0 Å². The van der Waals surface area contributed by atoms with Crippen LogP contribution in [0.5, 0.6) is 0 Å². The number of nitrogens with zero attached hydrogens (tertiary/aromatic N) is 1. The Morgan fingerprint density at radius 3 is 2.89 bits per heavy atom. The Labute approximate surface area is 169 Å². The van der Waals surface area contributed by atoms with E-state index in [9.17, 15) is 4.79 Å². The number of alkyl halides is 1. The number of aromatic nitrogens is 2. The number of fused-ring (bicyclic) bond motifs is 1. The number of aromatic amines is 1. The molecule has 7 heteroatoms. The highest BCUT2D eigenvalue weighted by molar-refractivity contribution is 6.21. The summed E-state index contributed by atoms with van der Waals surface area (Å²) < 4.78 is 0. The summed E-state index contributed by atoms with van der Waals surface area (Å²) in [5.41, 5.74) is 2.67. The SMILES string of the molecule is O=C(Nc1cccc2[nH]ncc12)NC(c1ccccc1)C1CCCNCC1Cl. The molecule has 3 aromatic rings. The smallest absolute Gasteiger partial charge is 0.319 e. The zero-order valence-corrected chi connectivity index (χ0v) is 16.2. The summed E-state index contributed by atoms with van der Waals surface area (Å²) in [5.74, 6) is 0.148. The molecule has 6 nitrogen and oxygen atoms in total. The minimum absolute atomic E-state index is 0.0506. The lowest BCUT2D eigenvalue weighted by molar-refractivity contribution is 0.240. The molecule has 28 heavy (non-hydrogen) atoms. The molecule has 0 radical (unpaired) electrons. The van der Waals surface area contributed by atoms with Crippen molar-refractivity contribution in [2.24, 2.45) is 5.92 Å². The van der Waals surface area contributed by atoms with Gasteiger partial charge in [0.15, 0.2) is 0 Å². The topological polar surface area (TPSA) is 81.8 Å². The van der Waals surface area contributed by atoms with Crippen LogP contribution in [0.1, 0.15) is 24.4 Å². The number of anilines is 1. The number of H-pyrrole nitrogens is 1. The first-order valence-corrected chi connectivity index (χ1v) is 10.1. The maximum absolute atomic E-state index is 12.9. The highest BCUT2D eigenvalue weighted by Crippen LogP contribution is 2.32. The van der Waals surface area contributed by atoms with E-state index in [1.165, 1.54) is 0 Å². The summed E-state index contributed by atoms with van der Waals surface area (Å²) in [6.45, 7) is 1.70. The first kappa shape index (κ1) is 18.8. The fraction of sp³-hybridized carbons (Fsp3) is 0.333. The van der Waals surface area contributed by atoms with Crippen molar-refractivity contribution < 1.29 is 4.79 Å². The highest BCUT2D eigenvalue weighted by Gasteiger charge is 2.31. The Morgan fingerprint density at radius 2 is 2.04 bits per heavy atom. The minimum Gasteiger partial charge on any atom is -0.331 e. The molecule has 0 aliphatic carbocycles. The van der Waals surface area contributed by atoms with Gasteiger partial charge in [-0.15, -0.1) is 11.6 Å². The predicted octanol–water partition coefficient (Wildman–Crippen LogP) is 4.03. The molecule has 0 spiro atoms. The van der Waals surface area contributed by atoms with Gasteiger partial charge in [0.2, 0.25) is 0 Å². The summed E-state index contributed by atoms with van der Waals surface area (Å²) in [7, 11) is 0. The van der Waals surface area contributed by atoms with Crippen molar-refractivity contribution in [2.45, 2.75) is 24.3 Å². The molecule has 2 aromatic carbocycles. The Balaban J connectivity index is 1.56. The summed E-state index contributed by atoms with van der Waals surface area (Å²) in [6, 6.07) is 15.3. The average molecular weight is 398 g/mol. The van der Waals surface area contributed by atoms with Crippen LogP contribution in [-0.4, -0.2) is 34.7 Å². The van der Waals surface area contributed by atoms with Crippen molar-refractivity contribution in [1.29, 1.82) is 0 Å². The van der Waals surface area contributed by atoms with Gasteiger partial charge in [0.1, 0.15) is 0 Å². The lowest BCUT2D eigenvalue weighted by Crippen LogP contribution is -2.40. The summed E-state index contributed by atoms with van der Waals surface area (Å²) in [6.07, 6.45) is 3.71. The van der Waals surface area contributed by atoms with Crippen molar-refractivity contribution in [3.63, 3.8) is 0 Å². The van der Waals surface area contributed by atoms with E-state index >= 15 is 0 Å². The van der Waals surface area contributed by atoms with Gasteiger partial charge in [-0.25, -0.2) is 4.79 Å². The Bertz CT molecular complexity index is 929. The molecule has 1 fully saturated rings. The van der Waals surface area contributed by atoms with Crippen LogP contribution in [0.15, 0.2) is 54.7 Å². The van der Waals surface area contributed by atoms with E-state index in [1.807, 2.05) is 48.5 Å². The molecule has 0 bridgehead atoms. The number of carbonyl (C=O) groups is 1. The number of nitrogens with one attached hydrogen (secondary N) is 4. The molecule has 146 valence electrons. The average Bonchev–Trinajstić information content (AvgIpc) is 3.10. The summed E-state index contributed by atoms with van der Waals surface area (Å²) in [4.78, 5) is 12.9. The molecule has 1 saturated heterocycles. The van der Waals surface area contributed by atoms with Crippen molar-refractivity contribution in [1.82, 2.24) is 20.8 Å². The number of halogens is 1. The normalized spacial score (nSPS) is 21.0. The largest absolute Gasteiger partial charge is 0.331 e. The van der Waals surface area contributed by atoms with E-state index in [2.05, 4.69) is 26.1 Å². The molecule has 4 rings (SSSR count). The van der Waals surface area contributed by atoms with Crippen LogP contribution >= 0.6 is 11.6 Å². The van der Waals surface area contributed by atoms with Gasteiger partial charge < -0.3 is 16.0 Å². The lowest BCUT2D eigenvalue weighted by atomic mass is 9.87. The number of carbonyl (C=O) groups excluding carboxylic acids is 1. The molecule has 1 aliphatic rings. The minimum atomic E-state index is -0.247. The van der Waals surface area contributed by atoms with Crippen LogP contribution in [0.3, 0.4) is 0 Å². The molecular formula is C21H24ClN5O. The highest BCUT2D eigenvalue weighted by atomic mass is 35.5. The van der Waals surface area contributed by atoms with Gasteiger partial charge in [-0.1, -0.05) is 36.4 Å². The fourth-order valence-corrected chi connectivity index (χ4v) is 4.27. The van der Waals surface area contributed by atoms with Gasteiger partial charge >= 0.3 is 6.03 Å². The zero-order chi connectivity index (χ0) is 19.3. The maximum atomic E-state index is 12.9. The number of hydrogen-bond acceptors (Lipinski definition) is 3. The van der Waals surface area contributed by atoms with E-state index in [0.717, 1.165) is 48.1 Å². The standard InChI is InChI=1S/C21H24ClN5O/c22-17-13-23-11-5-8-15(17)20(14-6-2-1-3-7-14)26-21(28)25-18-9-4-10-19-16(18)12-24-27-19/h1-4,6-7,9-10,12,15,17,20,23H,5,8,11,13H2,(H,24,27)(H2,25,26,28). The van der Waals surface area contributed by atoms with Gasteiger partial charge in [-0.2, -0.15) is 5.10 Å². The van der Waals surface area contributed by atoms with E-state index in [4.69, 9.17) is 11.6 Å². The first-order valence-electron chi connectivity index (χ1n) is 9.62. The Morgan fingerprint density at radius 1 is 1.18 bits per heavy atom. The number of urea groups is 1. The van der Waals surface area contributed by atoms with E-state index in [0.29, 0.717) is 0 Å². The van der Waals surface area contributed by atoms with E-state index < -0.39 is 0 Å². The number of amides is 2. The zero-order valence-electron chi connectivity index (χ0n) is 15.5. The van der Waals surface area contributed by atoms with Gasteiger partial charge in [0, 0.05) is 17.8 Å². The third-order valence-electron chi connectivity index (χ3n) is 5.30. The molecule has 3 atom stereocenters. The van der Waals surface area contributed by atoms with Gasteiger partial charge in [-0.3, -0.25) is 5.10 Å². The predicted molar refractivity (Wildman–Crippen MR) is 113 cm³/mol. The van der Waals surface area contributed by atoms with Crippen LogP contribution in [0, 0.1) is 5.92 Å². The van der Waals surface area contributed by atoms with Crippen LogP contribution in [-0.2, 0) is 0 Å². The second-order valence-corrected chi connectivity index (χ2v) is 7.71. The molecular weight excluding hydrogens is 374 g/mol. The van der Waals surface area contributed by atoms with Gasteiger partial charge in [0.25, 0.3) is 0 Å². The molecule has 2 amide bonds. The molecule has 2 heterocycles. The molecule has 3 unspecified atom stereocenters. The third-order valence-corrected chi connectivity index (χ3v) is 5.78. The fourth-order valence-electron chi connectivity index (χ4n) is 3.89. The second kappa shape index (κ2) is 8.63. The first-order chi connectivity index (χ1) is 13.7. The van der Waals surface area contributed by atoms with Crippen LogP contribution in [0.4, 0.5) is 10.5 Å². The lowest BCUT2D eigenvalue weighted by Gasteiger charge is -2.30. The van der Waals surface area contributed by atoms with Crippen LogP contribution in [0.25, 0.3) is 10.9 Å². The molecule has 1 aromatic heterocycles. The van der Waals surface area contributed by atoms with E-state index in [-0.39, 0.29) is 23.4 Å². The number of benzene rings is 2. The number of rotatable bonds is 4. The van der Waals surface area contributed by atoms with Crippen molar-refractivity contribution in [3.8, 4) is 0 Å². The Hall–Kier alpha value is -2.57. The van der Waals surface area contributed by atoms with Gasteiger partial charge in [-0.05, 0) is 37.1 Å². The molecule has 0 saturated carbocycles. The molecule has 1 aliphatic heterocycles. The second-order valence-electron chi connectivity index (χ2n) is 7.15.